The minimum Gasteiger partial charge on any atom is -0.382 e. The number of halogens is 2. The van der Waals surface area contributed by atoms with Crippen molar-refractivity contribution in [2.45, 2.75) is 0 Å². The number of amides is 1. The van der Waals surface area contributed by atoms with Crippen LogP contribution in [0.3, 0.4) is 0 Å². The first-order valence-corrected chi connectivity index (χ1v) is 5.28. The second-order valence-electron chi connectivity index (χ2n) is 3.41. The van der Waals surface area contributed by atoms with Gasteiger partial charge in [-0.25, -0.2) is 14.4 Å². The van der Waals surface area contributed by atoms with Crippen molar-refractivity contribution < 1.29 is 9.18 Å². The third kappa shape index (κ3) is 2.72. The van der Waals surface area contributed by atoms with Gasteiger partial charge in [0.2, 0.25) is 0 Å². The van der Waals surface area contributed by atoms with Gasteiger partial charge >= 0.3 is 0 Å². The smallest absolute Gasteiger partial charge is 0.275 e. The Hall–Kier alpha value is -2.21. The normalized spacial score (nSPS) is 10.1. The van der Waals surface area contributed by atoms with Gasteiger partial charge < -0.3 is 11.1 Å². The van der Waals surface area contributed by atoms with Gasteiger partial charge in [-0.05, 0) is 18.2 Å². The first kappa shape index (κ1) is 12.3. The molecule has 5 nitrogen and oxygen atoms in total. The Morgan fingerprint density at radius 1 is 1.33 bits per heavy atom. The van der Waals surface area contributed by atoms with Crippen LogP contribution in [0.25, 0.3) is 0 Å². The highest BCUT2D eigenvalue weighted by Gasteiger charge is 2.09. The van der Waals surface area contributed by atoms with Crippen molar-refractivity contribution in [3.05, 3.63) is 47.1 Å². The molecule has 0 fully saturated rings. The maximum Gasteiger partial charge on any atom is 0.275 e. The molecule has 0 saturated carbocycles. The van der Waals surface area contributed by atoms with Crippen LogP contribution in [-0.4, -0.2) is 15.9 Å². The van der Waals surface area contributed by atoms with E-state index in [1.54, 1.807) is 0 Å². The molecule has 7 heteroatoms. The van der Waals surface area contributed by atoms with Crippen molar-refractivity contribution in [2.75, 3.05) is 11.1 Å². The molecule has 3 N–H and O–H groups in total. The molecule has 2 aromatic rings. The van der Waals surface area contributed by atoms with E-state index in [2.05, 4.69) is 15.3 Å². The average molecular weight is 267 g/mol. The Morgan fingerprint density at radius 3 is 2.72 bits per heavy atom. The van der Waals surface area contributed by atoms with Gasteiger partial charge in [-0.15, -0.1) is 0 Å². The van der Waals surface area contributed by atoms with Crippen LogP contribution in [0.5, 0.6) is 0 Å². The van der Waals surface area contributed by atoms with Crippen molar-refractivity contribution >= 4 is 29.0 Å². The van der Waals surface area contributed by atoms with Crippen molar-refractivity contribution in [3.63, 3.8) is 0 Å². The van der Waals surface area contributed by atoms with Crippen molar-refractivity contribution in [3.8, 4) is 0 Å². The fourth-order valence-electron chi connectivity index (χ4n) is 1.22. The summed E-state index contributed by atoms with van der Waals surface area (Å²) in [4.78, 5) is 19.2. The molecule has 0 aliphatic carbocycles. The monoisotopic (exact) mass is 266 g/mol. The molecule has 0 spiro atoms. The van der Waals surface area contributed by atoms with Crippen molar-refractivity contribution in [2.24, 2.45) is 0 Å². The van der Waals surface area contributed by atoms with Crippen molar-refractivity contribution in [1.29, 1.82) is 0 Å². The van der Waals surface area contributed by atoms with Gasteiger partial charge in [0.1, 0.15) is 17.3 Å². The molecule has 92 valence electrons. The highest BCUT2D eigenvalue weighted by Crippen LogP contribution is 2.18. The molecular formula is C11H8ClFN4O. The van der Waals surface area contributed by atoms with Crippen LogP contribution in [0.1, 0.15) is 10.5 Å². The summed E-state index contributed by atoms with van der Waals surface area (Å²) in [6.07, 6.45) is 2.49. The topological polar surface area (TPSA) is 80.9 Å². The molecule has 2 rings (SSSR count). The minimum atomic E-state index is -0.613. The van der Waals surface area contributed by atoms with Gasteiger partial charge in [-0.2, -0.15) is 0 Å². The van der Waals surface area contributed by atoms with Crippen molar-refractivity contribution in [1.82, 2.24) is 9.97 Å². The SMILES string of the molecule is Nc1cnc(C(=O)Nc2ccc(Cl)c(F)c2)cn1. The maximum absolute atomic E-state index is 13.2. The van der Waals surface area contributed by atoms with E-state index in [4.69, 9.17) is 17.3 Å². The third-order valence-corrected chi connectivity index (χ3v) is 2.39. The second kappa shape index (κ2) is 4.97. The number of nitrogens with zero attached hydrogens (tertiary/aromatic N) is 2. The lowest BCUT2D eigenvalue weighted by Gasteiger charge is -2.05. The highest BCUT2D eigenvalue weighted by atomic mass is 35.5. The summed E-state index contributed by atoms with van der Waals surface area (Å²) in [6, 6.07) is 3.94. The van der Waals surface area contributed by atoms with Gasteiger partial charge in [0.15, 0.2) is 0 Å². The fourth-order valence-corrected chi connectivity index (χ4v) is 1.34. The van der Waals surface area contributed by atoms with Crippen LogP contribution in [0.2, 0.25) is 5.02 Å². The number of nitrogen functional groups attached to an aromatic ring is 1. The summed E-state index contributed by atoms with van der Waals surface area (Å²) in [5.41, 5.74) is 5.71. The van der Waals surface area contributed by atoms with Gasteiger partial charge in [0, 0.05) is 5.69 Å². The standard InChI is InChI=1S/C11H8ClFN4O/c12-7-2-1-6(3-8(7)13)17-11(18)9-4-16-10(14)5-15-9/h1-5H,(H2,14,16)(H,17,18). The summed E-state index contributed by atoms with van der Waals surface area (Å²) < 4.78 is 13.2. The molecule has 1 amide bonds. The van der Waals surface area contributed by atoms with Crippen LogP contribution in [0.4, 0.5) is 15.9 Å². The van der Waals surface area contributed by atoms with E-state index in [0.717, 1.165) is 6.07 Å². The number of carbonyl (C=O) groups is 1. The number of hydrogen-bond donors (Lipinski definition) is 2. The summed E-state index contributed by atoms with van der Waals surface area (Å²) in [5, 5.41) is 2.45. The first-order valence-electron chi connectivity index (χ1n) is 4.90. The van der Waals surface area contributed by atoms with E-state index in [-0.39, 0.29) is 22.2 Å². The summed E-state index contributed by atoms with van der Waals surface area (Å²) in [6.45, 7) is 0. The van der Waals surface area contributed by atoms with Crippen LogP contribution in [-0.2, 0) is 0 Å². The van der Waals surface area contributed by atoms with Gasteiger partial charge in [0.25, 0.3) is 5.91 Å². The third-order valence-electron chi connectivity index (χ3n) is 2.08. The molecule has 0 saturated heterocycles. The Kier molecular flexibility index (Phi) is 3.38. The maximum atomic E-state index is 13.2. The number of benzene rings is 1. The number of aromatic nitrogens is 2. The molecule has 18 heavy (non-hydrogen) atoms. The van der Waals surface area contributed by atoms with Crippen LogP contribution >= 0.6 is 11.6 Å². The molecule has 1 heterocycles. The molecule has 0 radical (unpaired) electrons. The lowest BCUT2D eigenvalue weighted by atomic mass is 10.3. The van der Waals surface area contributed by atoms with Gasteiger partial charge in [-0.1, -0.05) is 11.6 Å². The van der Waals surface area contributed by atoms with Gasteiger partial charge in [0.05, 0.1) is 17.4 Å². The number of anilines is 2. The zero-order valence-electron chi connectivity index (χ0n) is 9.02. The zero-order chi connectivity index (χ0) is 13.1. The number of hydrogen-bond acceptors (Lipinski definition) is 4. The quantitative estimate of drug-likeness (QED) is 0.872. The van der Waals surface area contributed by atoms with E-state index < -0.39 is 11.7 Å². The average Bonchev–Trinajstić information content (AvgIpc) is 2.34. The van der Waals surface area contributed by atoms with E-state index in [0.29, 0.717) is 0 Å². The highest BCUT2D eigenvalue weighted by molar-refractivity contribution is 6.30. The lowest BCUT2D eigenvalue weighted by molar-refractivity contribution is 0.102. The van der Waals surface area contributed by atoms with E-state index >= 15 is 0 Å². The second-order valence-corrected chi connectivity index (χ2v) is 3.82. The molecule has 1 aromatic heterocycles. The molecule has 1 aromatic carbocycles. The Labute approximate surface area is 107 Å². The Balaban J connectivity index is 2.16. The van der Waals surface area contributed by atoms with Crippen LogP contribution in [0, 0.1) is 5.82 Å². The van der Waals surface area contributed by atoms with Gasteiger partial charge in [-0.3, -0.25) is 4.79 Å². The number of carbonyl (C=O) groups excluding carboxylic acids is 1. The predicted molar refractivity (Wildman–Crippen MR) is 65.8 cm³/mol. The summed E-state index contributed by atoms with van der Waals surface area (Å²) in [5.74, 6) is -0.911. The zero-order valence-corrected chi connectivity index (χ0v) is 9.78. The van der Waals surface area contributed by atoms with Crippen LogP contribution in [0.15, 0.2) is 30.6 Å². The molecule has 0 atom stereocenters. The predicted octanol–water partition coefficient (Wildman–Crippen LogP) is 2.10. The molecule has 0 aliphatic heterocycles. The minimum absolute atomic E-state index is 0.0136. The number of nitrogens with two attached hydrogens (primary N) is 1. The molecular weight excluding hydrogens is 259 g/mol. The largest absolute Gasteiger partial charge is 0.382 e. The molecule has 0 unspecified atom stereocenters. The molecule has 0 aliphatic rings. The Bertz CT molecular complexity index is 588. The summed E-state index contributed by atoms with van der Waals surface area (Å²) in [7, 11) is 0. The number of rotatable bonds is 2. The lowest BCUT2D eigenvalue weighted by Crippen LogP contribution is -2.14. The van der Waals surface area contributed by atoms with E-state index in [1.807, 2.05) is 0 Å². The number of nitrogens with one attached hydrogen (secondary N) is 1. The van der Waals surface area contributed by atoms with E-state index in [1.165, 1.54) is 24.5 Å². The molecule has 0 bridgehead atoms. The van der Waals surface area contributed by atoms with Crippen LogP contribution < -0.4 is 11.1 Å². The van der Waals surface area contributed by atoms with E-state index in [9.17, 15) is 9.18 Å². The Morgan fingerprint density at radius 2 is 2.11 bits per heavy atom. The fraction of sp³-hybridized carbons (Fsp3) is 0. The summed E-state index contributed by atoms with van der Waals surface area (Å²) >= 11 is 5.53. The first-order chi connectivity index (χ1) is 8.56.